The van der Waals surface area contributed by atoms with Crippen LogP contribution in [0.25, 0.3) is 0 Å². The molecular formula is C64H123N3O2. The predicted molar refractivity (Wildman–Crippen MR) is 301 cm³/mol. The highest BCUT2D eigenvalue weighted by atomic mass is 16.3. The molecule has 0 radical (unpaired) electrons. The zero-order valence-corrected chi connectivity index (χ0v) is 47.7. The molecule has 0 aromatic rings. The molecule has 0 aliphatic heterocycles. The number of hydrogen-bond acceptors (Lipinski definition) is 4. The standard InChI is InChI=1S/C64H123N3O2/c1-7-10-13-16-19-22-25-28-31-36-48-66(49-37-32-29-26-23-20-17-14-11-8-2)52-53-67(50-38-33-30-27-24-21-18-15-12-9-3)51-47-65-62(69)45-40-55(4)58-43-44-59-57-42-41-56-39-34-35-46-63(56,5)60(57)54-61(68)64(58,59)6/h55-61,68H,7-54H2,1-6H3,(H,65,69)/t55-,56?,57?,58?,59?,60?,61+,63?,64?/m1/s1. The maximum absolute atomic E-state index is 13.6. The second-order valence-corrected chi connectivity index (χ2v) is 25.3. The van der Waals surface area contributed by atoms with Gasteiger partial charge in [0.05, 0.1) is 6.10 Å². The van der Waals surface area contributed by atoms with E-state index in [1.165, 1.54) is 270 Å². The summed E-state index contributed by atoms with van der Waals surface area (Å²) in [6.07, 6.45) is 55.3. The van der Waals surface area contributed by atoms with Crippen molar-refractivity contribution in [3.8, 4) is 0 Å². The first-order valence-corrected chi connectivity index (χ1v) is 32.1. The van der Waals surface area contributed by atoms with Crippen LogP contribution in [0.3, 0.4) is 0 Å². The molecule has 406 valence electrons. The summed E-state index contributed by atoms with van der Waals surface area (Å²) < 4.78 is 0. The van der Waals surface area contributed by atoms with Crippen LogP contribution in [0.5, 0.6) is 0 Å². The molecule has 4 saturated carbocycles. The summed E-state index contributed by atoms with van der Waals surface area (Å²) in [6, 6.07) is 0. The number of carbonyl (C=O) groups excluding carboxylic acids is 1. The highest BCUT2D eigenvalue weighted by Gasteiger charge is 2.63. The number of rotatable bonds is 43. The average Bonchev–Trinajstić information content (AvgIpc) is 3.72. The molecule has 4 fully saturated rings. The first kappa shape index (κ1) is 60.9. The number of amides is 1. The van der Waals surface area contributed by atoms with E-state index >= 15 is 0 Å². The molecule has 0 heterocycles. The third-order valence-corrected chi connectivity index (χ3v) is 20.2. The van der Waals surface area contributed by atoms with Gasteiger partial charge in [0.1, 0.15) is 0 Å². The molecule has 2 N–H and O–H groups in total. The van der Waals surface area contributed by atoms with Crippen molar-refractivity contribution < 1.29 is 9.90 Å². The number of unbranched alkanes of at least 4 members (excludes halogenated alkanes) is 27. The van der Waals surface area contributed by atoms with Crippen LogP contribution in [-0.2, 0) is 4.79 Å². The zero-order valence-electron chi connectivity index (χ0n) is 47.7. The van der Waals surface area contributed by atoms with Crippen molar-refractivity contribution in [2.75, 3.05) is 45.8 Å². The van der Waals surface area contributed by atoms with Gasteiger partial charge in [-0.05, 0) is 137 Å². The summed E-state index contributed by atoms with van der Waals surface area (Å²) >= 11 is 0. The lowest BCUT2D eigenvalue weighted by Gasteiger charge is -2.62. The Balaban J connectivity index is 1.24. The summed E-state index contributed by atoms with van der Waals surface area (Å²) in [5.74, 6) is 4.32. The van der Waals surface area contributed by atoms with E-state index in [1.807, 2.05) is 0 Å². The highest BCUT2D eigenvalue weighted by molar-refractivity contribution is 5.75. The summed E-state index contributed by atoms with van der Waals surface area (Å²) in [4.78, 5) is 19.1. The Bertz CT molecular complexity index is 1230. The van der Waals surface area contributed by atoms with E-state index < -0.39 is 0 Å². The monoisotopic (exact) mass is 966 g/mol. The lowest BCUT2D eigenvalue weighted by molar-refractivity contribution is -0.168. The molecule has 69 heavy (non-hydrogen) atoms. The van der Waals surface area contributed by atoms with Crippen molar-refractivity contribution in [2.24, 2.45) is 46.3 Å². The second-order valence-electron chi connectivity index (χ2n) is 25.3. The number of hydrogen-bond donors (Lipinski definition) is 2. The Labute approximate surface area is 432 Å². The zero-order chi connectivity index (χ0) is 49.4. The number of carbonyl (C=O) groups is 1. The third-order valence-electron chi connectivity index (χ3n) is 20.2. The SMILES string of the molecule is CCCCCCCCCCCCN(CCCCCCCCCCCC)CCN(CCCCCCCCCCCC)CCNC(=O)CC[C@@H](C)C1CCC2C3CCC4CCCCC4(C)C3C[C@H](O)C21C. The molecule has 7 unspecified atom stereocenters. The highest BCUT2D eigenvalue weighted by Crippen LogP contribution is 2.68. The van der Waals surface area contributed by atoms with E-state index in [0.29, 0.717) is 35.5 Å². The smallest absolute Gasteiger partial charge is 0.220 e. The largest absolute Gasteiger partial charge is 0.393 e. The van der Waals surface area contributed by atoms with Gasteiger partial charge >= 0.3 is 0 Å². The van der Waals surface area contributed by atoms with Crippen molar-refractivity contribution in [3.05, 3.63) is 0 Å². The maximum atomic E-state index is 13.6. The van der Waals surface area contributed by atoms with Crippen molar-refractivity contribution in [3.63, 3.8) is 0 Å². The van der Waals surface area contributed by atoms with E-state index in [2.05, 4.69) is 56.7 Å². The molecule has 1 amide bonds. The Morgan fingerprint density at radius 3 is 1.46 bits per heavy atom. The van der Waals surface area contributed by atoms with E-state index in [1.54, 1.807) is 0 Å². The summed E-state index contributed by atoms with van der Waals surface area (Å²) in [7, 11) is 0. The van der Waals surface area contributed by atoms with Gasteiger partial charge in [-0.1, -0.05) is 228 Å². The molecule has 0 bridgehead atoms. The Kier molecular flexibility index (Phi) is 32.1. The van der Waals surface area contributed by atoms with Gasteiger partial charge in [-0.3, -0.25) is 4.79 Å². The molecule has 4 aliphatic rings. The fourth-order valence-electron chi connectivity index (χ4n) is 15.6. The summed E-state index contributed by atoms with van der Waals surface area (Å²) in [6.45, 7) is 22.2. The molecule has 0 spiro atoms. The Hall–Kier alpha value is -0.650. The topological polar surface area (TPSA) is 55.8 Å². The first-order valence-electron chi connectivity index (χ1n) is 32.1. The lowest BCUT2D eigenvalue weighted by atomic mass is 9.44. The molecule has 0 aromatic heterocycles. The normalized spacial score (nSPS) is 27.1. The van der Waals surface area contributed by atoms with Crippen molar-refractivity contribution >= 4 is 5.91 Å². The van der Waals surface area contributed by atoms with E-state index in [-0.39, 0.29) is 17.4 Å². The molecule has 4 rings (SSSR count). The average molecular weight is 967 g/mol. The van der Waals surface area contributed by atoms with Crippen LogP contribution in [0.4, 0.5) is 0 Å². The summed E-state index contributed by atoms with van der Waals surface area (Å²) in [5, 5.41) is 15.5. The lowest BCUT2D eigenvalue weighted by Crippen LogP contribution is -2.58. The third kappa shape index (κ3) is 21.6. The van der Waals surface area contributed by atoms with Gasteiger partial charge in [-0.15, -0.1) is 0 Å². The van der Waals surface area contributed by atoms with Crippen LogP contribution in [0.1, 0.15) is 305 Å². The molecular weight excluding hydrogens is 843 g/mol. The molecule has 4 aliphatic carbocycles. The van der Waals surface area contributed by atoms with Gasteiger partial charge in [0.2, 0.25) is 5.91 Å². The Morgan fingerprint density at radius 1 is 0.536 bits per heavy atom. The van der Waals surface area contributed by atoms with Crippen LogP contribution in [0, 0.1) is 46.3 Å². The Morgan fingerprint density at radius 2 is 0.986 bits per heavy atom. The number of aliphatic hydroxyl groups is 1. The van der Waals surface area contributed by atoms with E-state index in [4.69, 9.17) is 0 Å². The van der Waals surface area contributed by atoms with E-state index in [9.17, 15) is 9.90 Å². The van der Waals surface area contributed by atoms with Crippen molar-refractivity contribution in [1.29, 1.82) is 0 Å². The molecule has 5 nitrogen and oxygen atoms in total. The number of aliphatic hydroxyl groups excluding tert-OH is 1. The number of nitrogens with zero attached hydrogens (tertiary/aromatic N) is 2. The van der Waals surface area contributed by atoms with Gasteiger partial charge in [0.15, 0.2) is 0 Å². The van der Waals surface area contributed by atoms with Gasteiger partial charge in [0.25, 0.3) is 0 Å². The molecule has 5 heteroatoms. The van der Waals surface area contributed by atoms with Gasteiger partial charge in [-0.25, -0.2) is 0 Å². The number of nitrogens with one attached hydrogen (secondary N) is 1. The van der Waals surface area contributed by atoms with Gasteiger partial charge in [-0.2, -0.15) is 0 Å². The quantitative estimate of drug-likeness (QED) is 0.0598. The summed E-state index contributed by atoms with van der Waals surface area (Å²) in [5.41, 5.74) is 0.464. The molecule has 0 saturated heterocycles. The van der Waals surface area contributed by atoms with Gasteiger partial charge in [0, 0.05) is 32.6 Å². The number of fused-ring (bicyclic) bond motifs is 5. The minimum Gasteiger partial charge on any atom is -0.393 e. The molecule has 9 atom stereocenters. The fourth-order valence-corrected chi connectivity index (χ4v) is 15.6. The van der Waals surface area contributed by atoms with Crippen LogP contribution in [0.2, 0.25) is 0 Å². The van der Waals surface area contributed by atoms with Crippen LogP contribution < -0.4 is 5.32 Å². The van der Waals surface area contributed by atoms with Crippen LogP contribution >= 0.6 is 0 Å². The van der Waals surface area contributed by atoms with Gasteiger partial charge < -0.3 is 20.2 Å². The predicted octanol–water partition coefficient (Wildman–Crippen LogP) is 17.9. The minimum absolute atomic E-state index is 0.0129. The fraction of sp³-hybridized carbons (Fsp3) is 0.984. The van der Waals surface area contributed by atoms with Crippen molar-refractivity contribution in [1.82, 2.24) is 15.1 Å². The minimum atomic E-state index is -0.188. The van der Waals surface area contributed by atoms with Crippen LogP contribution in [0.15, 0.2) is 0 Å². The van der Waals surface area contributed by atoms with Crippen molar-refractivity contribution in [2.45, 2.75) is 311 Å². The molecule has 0 aromatic carbocycles. The first-order chi connectivity index (χ1) is 33.7. The van der Waals surface area contributed by atoms with E-state index in [0.717, 1.165) is 44.3 Å². The van der Waals surface area contributed by atoms with Crippen LogP contribution in [-0.4, -0.2) is 72.7 Å². The second kappa shape index (κ2) is 36.3. The maximum Gasteiger partial charge on any atom is 0.220 e.